The Morgan fingerprint density at radius 2 is 1.78 bits per heavy atom. The number of furan rings is 1. The molecule has 0 saturated heterocycles. The topological polar surface area (TPSA) is 42.2 Å². The molecule has 1 aromatic heterocycles. The summed E-state index contributed by atoms with van der Waals surface area (Å²) in [7, 11) is 0. The number of rotatable bonds is 5. The van der Waals surface area contributed by atoms with Crippen molar-refractivity contribution in [2.75, 3.05) is 6.54 Å². The van der Waals surface area contributed by atoms with Crippen molar-refractivity contribution < 1.29 is 22.4 Å². The molecule has 0 unspecified atom stereocenters. The maximum absolute atomic E-state index is 12.9. The Morgan fingerprint density at radius 3 is 2.48 bits per heavy atom. The van der Waals surface area contributed by atoms with Gasteiger partial charge in [-0.1, -0.05) is 41.9 Å². The van der Waals surface area contributed by atoms with Gasteiger partial charge in [-0.2, -0.15) is 13.2 Å². The summed E-state index contributed by atoms with van der Waals surface area (Å²) in [5, 5.41) is 2.82. The molecule has 1 heterocycles. The fraction of sp³-hybridized carbons (Fsp3) is 0.150. The van der Waals surface area contributed by atoms with Crippen molar-refractivity contribution in [1.82, 2.24) is 5.32 Å². The molecule has 27 heavy (non-hydrogen) atoms. The van der Waals surface area contributed by atoms with Gasteiger partial charge >= 0.3 is 6.18 Å². The van der Waals surface area contributed by atoms with Crippen LogP contribution in [0.25, 0.3) is 11.3 Å². The van der Waals surface area contributed by atoms with Gasteiger partial charge in [0.1, 0.15) is 5.76 Å². The average molecular weight is 394 g/mol. The number of alkyl halides is 3. The highest BCUT2D eigenvalue weighted by molar-refractivity contribution is 6.33. The second-order valence-corrected chi connectivity index (χ2v) is 6.25. The molecule has 3 nitrogen and oxygen atoms in total. The summed E-state index contributed by atoms with van der Waals surface area (Å²) in [6.45, 7) is 0.406. The Balaban J connectivity index is 1.70. The molecule has 0 atom stereocenters. The first-order valence-electron chi connectivity index (χ1n) is 8.13. The number of hydrogen-bond acceptors (Lipinski definition) is 2. The summed E-state index contributed by atoms with van der Waals surface area (Å²) < 4.78 is 44.1. The van der Waals surface area contributed by atoms with E-state index >= 15 is 0 Å². The second kappa shape index (κ2) is 7.88. The van der Waals surface area contributed by atoms with E-state index in [1.807, 2.05) is 30.3 Å². The van der Waals surface area contributed by atoms with Crippen LogP contribution < -0.4 is 5.32 Å². The molecule has 3 aromatic rings. The molecule has 7 heteroatoms. The molecule has 140 valence electrons. The minimum Gasteiger partial charge on any atom is -0.451 e. The molecule has 1 N–H and O–H groups in total. The van der Waals surface area contributed by atoms with Crippen molar-refractivity contribution in [3.8, 4) is 11.3 Å². The lowest BCUT2D eigenvalue weighted by Crippen LogP contribution is -2.25. The van der Waals surface area contributed by atoms with E-state index in [0.717, 1.165) is 23.8 Å². The zero-order valence-electron chi connectivity index (χ0n) is 14.0. The van der Waals surface area contributed by atoms with Crippen LogP contribution in [0, 0.1) is 0 Å². The Hall–Kier alpha value is -2.73. The number of nitrogens with one attached hydrogen (secondary N) is 1. The number of carbonyl (C=O) groups excluding carboxylic acids is 1. The second-order valence-electron chi connectivity index (χ2n) is 5.85. The average Bonchev–Trinajstić information content (AvgIpc) is 3.12. The van der Waals surface area contributed by atoms with Crippen LogP contribution in [0.5, 0.6) is 0 Å². The lowest BCUT2D eigenvalue weighted by molar-refractivity contribution is -0.137. The van der Waals surface area contributed by atoms with Crippen molar-refractivity contribution in [2.45, 2.75) is 12.6 Å². The molecule has 0 spiro atoms. The molecule has 3 rings (SSSR count). The van der Waals surface area contributed by atoms with Gasteiger partial charge in [0, 0.05) is 12.1 Å². The molecule has 1 amide bonds. The van der Waals surface area contributed by atoms with E-state index in [9.17, 15) is 18.0 Å². The molecular weight excluding hydrogens is 379 g/mol. The van der Waals surface area contributed by atoms with Crippen LogP contribution in [0.4, 0.5) is 13.2 Å². The fourth-order valence-electron chi connectivity index (χ4n) is 2.55. The summed E-state index contributed by atoms with van der Waals surface area (Å²) >= 11 is 5.99. The van der Waals surface area contributed by atoms with E-state index < -0.39 is 17.6 Å². The van der Waals surface area contributed by atoms with Crippen molar-refractivity contribution in [1.29, 1.82) is 0 Å². The summed E-state index contributed by atoms with van der Waals surface area (Å²) in [4.78, 5) is 12.2. The fourth-order valence-corrected chi connectivity index (χ4v) is 2.76. The first kappa shape index (κ1) is 19.0. The molecule has 0 fully saturated rings. The first-order valence-corrected chi connectivity index (χ1v) is 8.51. The monoisotopic (exact) mass is 393 g/mol. The van der Waals surface area contributed by atoms with Crippen LogP contribution in [0.1, 0.15) is 21.7 Å². The predicted molar refractivity (Wildman–Crippen MR) is 96.6 cm³/mol. The van der Waals surface area contributed by atoms with Gasteiger partial charge in [0.2, 0.25) is 0 Å². The lowest BCUT2D eigenvalue weighted by atomic mass is 10.1. The first-order chi connectivity index (χ1) is 12.8. The van der Waals surface area contributed by atoms with Crippen LogP contribution in [-0.2, 0) is 12.6 Å². The number of hydrogen-bond donors (Lipinski definition) is 1. The van der Waals surface area contributed by atoms with Crippen molar-refractivity contribution in [3.05, 3.63) is 82.6 Å². The van der Waals surface area contributed by atoms with Crippen LogP contribution >= 0.6 is 11.6 Å². The smallest absolute Gasteiger partial charge is 0.416 e. The van der Waals surface area contributed by atoms with Gasteiger partial charge in [0.15, 0.2) is 5.76 Å². The highest BCUT2D eigenvalue weighted by atomic mass is 35.5. The van der Waals surface area contributed by atoms with Crippen molar-refractivity contribution in [2.24, 2.45) is 0 Å². The molecule has 0 saturated carbocycles. The third-order valence-electron chi connectivity index (χ3n) is 3.93. The van der Waals surface area contributed by atoms with Gasteiger partial charge < -0.3 is 9.73 Å². The van der Waals surface area contributed by atoms with Gasteiger partial charge in [0.25, 0.3) is 5.91 Å². The molecule has 0 aliphatic carbocycles. The quantitative estimate of drug-likeness (QED) is 0.613. The van der Waals surface area contributed by atoms with Gasteiger partial charge in [-0.3, -0.25) is 4.79 Å². The largest absolute Gasteiger partial charge is 0.451 e. The van der Waals surface area contributed by atoms with E-state index in [2.05, 4.69) is 5.32 Å². The summed E-state index contributed by atoms with van der Waals surface area (Å²) in [6.07, 6.45) is -3.84. The Labute approximate surface area is 158 Å². The minimum atomic E-state index is -4.50. The van der Waals surface area contributed by atoms with E-state index in [-0.39, 0.29) is 22.1 Å². The summed E-state index contributed by atoms with van der Waals surface area (Å²) in [6, 6.07) is 15.4. The van der Waals surface area contributed by atoms with E-state index in [1.165, 1.54) is 12.1 Å². The van der Waals surface area contributed by atoms with Gasteiger partial charge in [0.05, 0.1) is 10.6 Å². The highest BCUT2D eigenvalue weighted by Gasteiger charge is 2.31. The molecule has 0 aliphatic rings. The summed E-state index contributed by atoms with van der Waals surface area (Å²) in [5.41, 5.74) is 0.315. The van der Waals surface area contributed by atoms with Crippen LogP contribution in [0.15, 0.2) is 65.1 Å². The maximum atomic E-state index is 12.9. The van der Waals surface area contributed by atoms with E-state index in [1.54, 1.807) is 0 Å². The molecule has 0 aliphatic heterocycles. The minimum absolute atomic E-state index is 0.00606. The van der Waals surface area contributed by atoms with Gasteiger partial charge in [-0.15, -0.1) is 0 Å². The molecular formula is C20H15ClF3NO2. The third-order valence-corrected chi connectivity index (χ3v) is 4.26. The highest BCUT2D eigenvalue weighted by Crippen LogP contribution is 2.36. The Bertz CT molecular complexity index is 936. The SMILES string of the molecule is O=C(NCCc1ccccc1)c1ccc(-c2cc(C(F)(F)F)ccc2Cl)o1. The predicted octanol–water partition coefficient (Wildman–Crippen LogP) is 5.59. The van der Waals surface area contributed by atoms with Gasteiger partial charge in [-0.05, 0) is 42.3 Å². The Kier molecular flexibility index (Phi) is 5.56. The zero-order chi connectivity index (χ0) is 19.4. The number of carbonyl (C=O) groups is 1. The van der Waals surface area contributed by atoms with Crippen LogP contribution in [0.2, 0.25) is 5.02 Å². The number of benzene rings is 2. The third kappa shape index (κ3) is 4.71. The van der Waals surface area contributed by atoms with Crippen LogP contribution in [0.3, 0.4) is 0 Å². The number of halogens is 4. The molecule has 0 radical (unpaired) electrons. The van der Waals surface area contributed by atoms with E-state index in [4.69, 9.17) is 16.0 Å². The van der Waals surface area contributed by atoms with Crippen molar-refractivity contribution in [3.63, 3.8) is 0 Å². The lowest BCUT2D eigenvalue weighted by Gasteiger charge is -2.09. The molecule has 2 aromatic carbocycles. The number of amides is 1. The standard InChI is InChI=1S/C20H15ClF3NO2/c21-16-7-6-14(20(22,23)24)12-15(16)17-8-9-18(27-17)19(26)25-11-10-13-4-2-1-3-5-13/h1-9,12H,10-11H2,(H,25,26). The normalized spacial score (nSPS) is 11.4. The zero-order valence-corrected chi connectivity index (χ0v) is 14.8. The summed E-state index contributed by atoms with van der Waals surface area (Å²) in [5.74, 6) is -0.342. The van der Waals surface area contributed by atoms with Crippen LogP contribution in [-0.4, -0.2) is 12.5 Å². The van der Waals surface area contributed by atoms with Crippen molar-refractivity contribution >= 4 is 17.5 Å². The molecule has 0 bridgehead atoms. The van der Waals surface area contributed by atoms with Gasteiger partial charge in [-0.25, -0.2) is 0 Å². The Morgan fingerprint density at radius 1 is 1.04 bits per heavy atom. The maximum Gasteiger partial charge on any atom is 0.416 e. The van der Waals surface area contributed by atoms with E-state index in [0.29, 0.717) is 13.0 Å².